The molecule has 2 amide bonds. The van der Waals surface area contributed by atoms with E-state index >= 15 is 0 Å². The van der Waals surface area contributed by atoms with Crippen LogP contribution in [0.2, 0.25) is 0 Å². The normalized spacial score (nSPS) is 24.1. The molecule has 1 aliphatic heterocycles. The van der Waals surface area contributed by atoms with Gasteiger partial charge in [-0.15, -0.1) is 0 Å². The van der Waals surface area contributed by atoms with Crippen LogP contribution in [0.1, 0.15) is 36.0 Å². The van der Waals surface area contributed by atoms with Gasteiger partial charge in [0.1, 0.15) is 0 Å². The summed E-state index contributed by atoms with van der Waals surface area (Å²) in [6.45, 7) is 1.66. The molecule has 2 aromatic rings. The molecule has 1 saturated heterocycles. The number of pyridine rings is 1. The fourth-order valence-corrected chi connectivity index (χ4v) is 4.32. The van der Waals surface area contributed by atoms with Crippen LogP contribution in [0.4, 0.5) is 11.4 Å². The number of rotatable bonds is 4. The number of anilines is 2. The molecular formula is C21H24N4O2. The third-order valence-corrected chi connectivity index (χ3v) is 5.81. The van der Waals surface area contributed by atoms with Gasteiger partial charge in [0, 0.05) is 35.9 Å². The molecule has 1 aliphatic carbocycles. The Bertz CT molecular complexity index is 839. The predicted molar refractivity (Wildman–Crippen MR) is 105 cm³/mol. The molecule has 0 bridgehead atoms. The molecule has 0 unspecified atom stereocenters. The van der Waals surface area contributed by atoms with Gasteiger partial charge in [0.15, 0.2) is 0 Å². The van der Waals surface area contributed by atoms with E-state index in [-0.39, 0.29) is 17.2 Å². The average molecular weight is 364 g/mol. The van der Waals surface area contributed by atoms with Crippen LogP contribution >= 0.6 is 0 Å². The highest BCUT2D eigenvalue weighted by molar-refractivity contribution is 6.05. The number of benzene rings is 1. The SMILES string of the molecule is O=C(Nc1ccncc1)c1cccc(NC(=O)[C@@]23CCCC[C@H]2CNC3)c1. The van der Waals surface area contributed by atoms with Crippen LogP contribution in [0.25, 0.3) is 0 Å². The van der Waals surface area contributed by atoms with Crippen molar-refractivity contribution in [2.24, 2.45) is 11.3 Å². The summed E-state index contributed by atoms with van der Waals surface area (Å²) in [5.41, 5.74) is 1.54. The highest BCUT2D eigenvalue weighted by atomic mass is 16.2. The Labute approximate surface area is 158 Å². The Morgan fingerprint density at radius 3 is 2.78 bits per heavy atom. The Kier molecular flexibility index (Phi) is 4.90. The van der Waals surface area contributed by atoms with Crippen molar-refractivity contribution in [3.8, 4) is 0 Å². The fraction of sp³-hybridized carbons (Fsp3) is 0.381. The third-order valence-electron chi connectivity index (χ3n) is 5.81. The Balaban J connectivity index is 1.48. The standard InChI is InChI=1S/C21H24N4O2/c26-19(24-17-7-10-22-11-8-17)15-4-3-6-18(12-15)25-20(27)21-9-2-1-5-16(21)13-23-14-21/h3-4,6-8,10-12,16,23H,1-2,5,9,13-14H2,(H,25,27)(H,22,24,26)/t16-,21+/m0/s1. The van der Waals surface area contributed by atoms with Crippen LogP contribution in [0.5, 0.6) is 0 Å². The Hall–Kier alpha value is -2.73. The van der Waals surface area contributed by atoms with Crippen molar-refractivity contribution in [3.05, 3.63) is 54.4 Å². The predicted octanol–water partition coefficient (Wildman–Crippen LogP) is 3.05. The van der Waals surface area contributed by atoms with Gasteiger partial charge in [-0.2, -0.15) is 0 Å². The summed E-state index contributed by atoms with van der Waals surface area (Å²) in [5, 5.41) is 9.30. The van der Waals surface area contributed by atoms with Crippen molar-refractivity contribution in [1.29, 1.82) is 0 Å². The number of hydrogen-bond donors (Lipinski definition) is 3. The molecule has 3 N–H and O–H groups in total. The van der Waals surface area contributed by atoms with Gasteiger partial charge in [-0.3, -0.25) is 14.6 Å². The highest BCUT2D eigenvalue weighted by Gasteiger charge is 2.49. The molecule has 1 aromatic heterocycles. The molecule has 6 nitrogen and oxygen atoms in total. The smallest absolute Gasteiger partial charge is 0.255 e. The molecule has 2 heterocycles. The topological polar surface area (TPSA) is 83.1 Å². The molecule has 27 heavy (non-hydrogen) atoms. The van der Waals surface area contributed by atoms with E-state index in [0.29, 0.717) is 22.9 Å². The van der Waals surface area contributed by atoms with E-state index in [2.05, 4.69) is 20.9 Å². The number of fused-ring (bicyclic) bond motifs is 1. The first kappa shape index (κ1) is 17.7. The van der Waals surface area contributed by atoms with Gasteiger partial charge in [-0.25, -0.2) is 0 Å². The number of carbonyl (C=O) groups excluding carboxylic acids is 2. The van der Waals surface area contributed by atoms with Gasteiger partial charge in [0.2, 0.25) is 5.91 Å². The fourth-order valence-electron chi connectivity index (χ4n) is 4.32. The largest absolute Gasteiger partial charge is 0.326 e. The molecule has 2 atom stereocenters. The minimum absolute atomic E-state index is 0.0730. The maximum absolute atomic E-state index is 13.1. The summed E-state index contributed by atoms with van der Waals surface area (Å²) in [5.74, 6) is 0.266. The summed E-state index contributed by atoms with van der Waals surface area (Å²) in [4.78, 5) is 29.5. The van der Waals surface area contributed by atoms with Crippen LogP contribution in [-0.2, 0) is 4.79 Å². The number of nitrogens with one attached hydrogen (secondary N) is 3. The second kappa shape index (κ2) is 7.48. The van der Waals surface area contributed by atoms with Crippen LogP contribution in [0.3, 0.4) is 0 Å². The van der Waals surface area contributed by atoms with Crippen molar-refractivity contribution < 1.29 is 9.59 Å². The van der Waals surface area contributed by atoms with Gasteiger partial charge in [-0.1, -0.05) is 18.9 Å². The highest BCUT2D eigenvalue weighted by Crippen LogP contribution is 2.44. The molecule has 2 aliphatic rings. The molecule has 4 rings (SSSR count). The third kappa shape index (κ3) is 3.57. The number of carbonyl (C=O) groups is 2. The molecular weight excluding hydrogens is 340 g/mol. The van der Waals surface area contributed by atoms with E-state index in [4.69, 9.17) is 0 Å². The monoisotopic (exact) mass is 364 g/mol. The number of amides is 2. The van der Waals surface area contributed by atoms with Crippen LogP contribution in [0, 0.1) is 11.3 Å². The van der Waals surface area contributed by atoms with Crippen LogP contribution in [0.15, 0.2) is 48.8 Å². The quantitative estimate of drug-likeness (QED) is 0.779. The van der Waals surface area contributed by atoms with E-state index in [1.807, 2.05) is 6.07 Å². The minimum Gasteiger partial charge on any atom is -0.326 e. The summed E-state index contributed by atoms with van der Waals surface area (Å²) in [6.07, 6.45) is 7.59. The maximum Gasteiger partial charge on any atom is 0.255 e. The van der Waals surface area contributed by atoms with Crippen LogP contribution in [-0.4, -0.2) is 29.9 Å². The molecule has 0 spiro atoms. The molecule has 1 aromatic carbocycles. The molecule has 1 saturated carbocycles. The lowest BCUT2D eigenvalue weighted by Crippen LogP contribution is -2.44. The Morgan fingerprint density at radius 1 is 1.07 bits per heavy atom. The molecule has 0 radical (unpaired) electrons. The number of aromatic nitrogens is 1. The van der Waals surface area contributed by atoms with Crippen molar-refractivity contribution in [2.75, 3.05) is 23.7 Å². The lowest BCUT2D eigenvalue weighted by atomic mass is 9.67. The lowest BCUT2D eigenvalue weighted by molar-refractivity contribution is -0.128. The molecule has 6 heteroatoms. The number of nitrogens with zero attached hydrogens (tertiary/aromatic N) is 1. The Morgan fingerprint density at radius 2 is 1.93 bits per heavy atom. The lowest BCUT2D eigenvalue weighted by Gasteiger charge is -2.37. The van der Waals surface area contributed by atoms with Gasteiger partial charge in [0.05, 0.1) is 5.41 Å². The summed E-state index contributed by atoms with van der Waals surface area (Å²) in [6, 6.07) is 10.6. The van der Waals surface area contributed by atoms with Gasteiger partial charge >= 0.3 is 0 Å². The summed E-state index contributed by atoms with van der Waals surface area (Å²) >= 11 is 0. The van der Waals surface area contributed by atoms with Crippen molar-refractivity contribution in [2.45, 2.75) is 25.7 Å². The zero-order valence-corrected chi connectivity index (χ0v) is 15.2. The van der Waals surface area contributed by atoms with Gasteiger partial charge in [0.25, 0.3) is 5.91 Å². The van der Waals surface area contributed by atoms with Crippen molar-refractivity contribution in [3.63, 3.8) is 0 Å². The molecule has 140 valence electrons. The van der Waals surface area contributed by atoms with E-state index in [1.165, 1.54) is 6.42 Å². The first-order chi connectivity index (χ1) is 13.2. The first-order valence-corrected chi connectivity index (χ1v) is 9.51. The molecule has 2 fully saturated rings. The second-order valence-corrected chi connectivity index (χ2v) is 7.45. The summed E-state index contributed by atoms with van der Waals surface area (Å²) in [7, 11) is 0. The van der Waals surface area contributed by atoms with Crippen molar-refractivity contribution in [1.82, 2.24) is 10.3 Å². The van der Waals surface area contributed by atoms with Gasteiger partial charge in [-0.05, 0) is 55.6 Å². The number of hydrogen-bond acceptors (Lipinski definition) is 4. The maximum atomic E-state index is 13.1. The zero-order chi connectivity index (χ0) is 18.7. The van der Waals surface area contributed by atoms with E-state index in [9.17, 15) is 9.59 Å². The van der Waals surface area contributed by atoms with E-state index in [1.54, 1.807) is 42.7 Å². The first-order valence-electron chi connectivity index (χ1n) is 9.51. The average Bonchev–Trinajstić information content (AvgIpc) is 3.14. The zero-order valence-electron chi connectivity index (χ0n) is 15.2. The minimum atomic E-state index is -0.312. The van der Waals surface area contributed by atoms with E-state index in [0.717, 1.165) is 32.4 Å². The van der Waals surface area contributed by atoms with E-state index < -0.39 is 0 Å². The van der Waals surface area contributed by atoms with Crippen LogP contribution < -0.4 is 16.0 Å². The second-order valence-electron chi connectivity index (χ2n) is 7.45. The van der Waals surface area contributed by atoms with Crippen molar-refractivity contribution >= 4 is 23.2 Å². The summed E-state index contributed by atoms with van der Waals surface area (Å²) < 4.78 is 0. The van der Waals surface area contributed by atoms with Gasteiger partial charge < -0.3 is 16.0 Å².